The summed E-state index contributed by atoms with van der Waals surface area (Å²) in [4.78, 5) is 22.8. The normalized spacial score (nSPS) is 9.69. The molecule has 1 aromatic heterocycles. The Balaban J connectivity index is 2.73. The quantitative estimate of drug-likeness (QED) is 0.533. The maximum Gasteiger partial charge on any atom is 0.355 e. The maximum atomic E-state index is 11.4. The van der Waals surface area contributed by atoms with Crippen molar-refractivity contribution in [2.75, 3.05) is 0 Å². The number of terminal acetylenes is 1. The first-order valence-corrected chi connectivity index (χ1v) is 4.41. The second kappa shape index (κ2) is 3.91. The number of hydrogen-bond acceptors (Lipinski definition) is 4. The van der Waals surface area contributed by atoms with Crippen molar-refractivity contribution in [1.29, 1.82) is 0 Å². The zero-order chi connectivity index (χ0) is 11.5. The standard InChI is InChI=1S/C12H6O4/c1-2-15-12(14)10-7-16-11(13)9-6-4-3-5-8(9)10/h1,3-7H. The van der Waals surface area contributed by atoms with Gasteiger partial charge in [0, 0.05) is 5.39 Å². The average molecular weight is 214 g/mol. The van der Waals surface area contributed by atoms with Crippen molar-refractivity contribution < 1.29 is 13.9 Å². The van der Waals surface area contributed by atoms with Gasteiger partial charge in [-0.05, 0) is 6.07 Å². The fourth-order valence-corrected chi connectivity index (χ4v) is 1.40. The lowest BCUT2D eigenvalue weighted by molar-refractivity contribution is 0.0690. The third-order valence-corrected chi connectivity index (χ3v) is 2.09. The number of ether oxygens (including phenoxy) is 1. The molecule has 0 bridgehead atoms. The highest BCUT2D eigenvalue weighted by atomic mass is 16.5. The minimum Gasteiger partial charge on any atom is -0.430 e. The van der Waals surface area contributed by atoms with Crippen molar-refractivity contribution in [3.63, 3.8) is 0 Å². The van der Waals surface area contributed by atoms with Gasteiger partial charge < -0.3 is 9.15 Å². The molecule has 0 unspecified atom stereocenters. The second-order valence-electron chi connectivity index (χ2n) is 2.99. The van der Waals surface area contributed by atoms with Crippen LogP contribution in [-0.4, -0.2) is 5.97 Å². The lowest BCUT2D eigenvalue weighted by Gasteiger charge is -2.01. The highest BCUT2D eigenvalue weighted by Gasteiger charge is 2.13. The van der Waals surface area contributed by atoms with Crippen LogP contribution in [0.3, 0.4) is 0 Å². The number of fused-ring (bicyclic) bond motifs is 1. The fourth-order valence-electron chi connectivity index (χ4n) is 1.40. The van der Waals surface area contributed by atoms with Crippen molar-refractivity contribution >= 4 is 16.7 Å². The van der Waals surface area contributed by atoms with E-state index in [0.29, 0.717) is 10.8 Å². The number of carbonyl (C=O) groups excluding carboxylic acids is 1. The van der Waals surface area contributed by atoms with Gasteiger partial charge in [0.05, 0.1) is 5.39 Å². The van der Waals surface area contributed by atoms with Gasteiger partial charge >= 0.3 is 11.6 Å². The highest BCUT2D eigenvalue weighted by Crippen LogP contribution is 2.15. The third-order valence-electron chi connectivity index (χ3n) is 2.09. The van der Waals surface area contributed by atoms with E-state index in [1.807, 2.05) is 0 Å². The monoisotopic (exact) mass is 214 g/mol. The molecule has 0 aliphatic heterocycles. The summed E-state index contributed by atoms with van der Waals surface area (Å²) in [5.41, 5.74) is -0.374. The van der Waals surface area contributed by atoms with Gasteiger partial charge in [0.15, 0.2) is 0 Å². The Kier molecular flexibility index (Phi) is 2.44. The van der Waals surface area contributed by atoms with E-state index in [-0.39, 0.29) is 5.56 Å². The molecule has 78 valence electrons. The molecule has 1 heterocycles. The van der Waals surface area contributed by atoms with Crippen LogP contribution in [0.15, 0.2) is 39.7 Å². The molecule has 1 aromatic carbocycles. The van der Waals surface area contributed by atoms with Crippen LogP contribution in [0.2, 0.25) is 0 Å². The molecule has 0 amide bonds. The molecule has 4 heteroatoms. The lowest BCUT2D eigenvalue weighted by Crippen LogP contribution is -2.07. The predicted molar refractivity (Wildman–Crippen MR) is 56.7 cm³/mol. The Hall–Kier alpha value is -2.54. The van der Waals surface area contributed by atoms with Crippen LogP contribution in [0, 0.1) is 12.5 Å². The lowest BCUT2D eigenvalue weighted by atomic mass is 10.1. The van der Waals surface area contributed by atoms with E-state index in [4.69, 9.17) is 10.8 Å². The van der Waals surface area contributed by atoms with Crippen LogP contribution in [-0.2, 0) is 4.74 Å². The van der Waals surface area contributed by atoms with Crippen LogP contribution < -0.4 is 5.63 Å². The molecule has 2 aromatic rings. The Labute approximate surface area is 90.4 Å². The minimum atomic E-state index is -0.720. The Bertz CT molecular complexity index is 646. The molecule has 0 N–H and O–H groups in total. The maximum absolute atomic E-state index is 11.4. The van der Waals surface area contributed by atoms with Gasteiger partial charge in [0.2, 0.25) is 0 Å². The Morgan fingerprint density at radius 3 is 2.69 bits per heavy atom. The van der Waals surface area contributed by atoms with Crippen molar-refractivity contribution in [1.82, 2.24) is 0 Å². The van der Waals surface area contributed by atoms with E-state index in [0.717, 1.165) is 6.26 Å². The number of esters is 1. The molecular weight excluding hydrogens is 208 g/mol. The van der Waals surface area contributed by atoms with Crippen molar-refractivity contribution in [3.8, 4) is 12.5 Å². The molecule has 0 radical (unpaired) electrons. The van der Waals surface area contributed by atoms with E-state index in [9.17, 15) is 9.59 Å². The summed E-state index contributed by atoms with van der Waals surface area (Å²) in [5, 5.41) is 0.771. The third kappa shape index (κ3) is 1.55. The van der Waals surface area contributed by atoms with E-state index < -0.39 is 11.6 Å². The smallest absolute Gasteiger partial charge is 0.355 e. The molecule has 4 nitrogen and oxygen atoms in total. The zero-order valence-electron chi connectivity index (χ0n) is 8.10. The fraction of sp³-hybridized carbons (Fsp3) is 0. The summed E-state index contributed by atoms with van der Waals surface area (Å²) in [7, 11) is 0. The topological polar surface area (TPSA) is 56.5 Å². The summed E-state index contributed by atoms with van der Waals surface area (Å²) in [5.74, 6) is -0.720. The summed E-state index contributed by atoms with van der Waals surface area (Å²) in [6.07, 6.45) is 7.68. The molecule has 2 rings (SSSR count). The molecule has 0 aliphatic rings. The van der Waals surface area contributed by atoms with Gasteiger partial charge in [0.25, 0.3) is 0 Å². The van der Waals surface area contributed by atoms with Crippen molar-refractivity contribution in [2.45, 2.75) is 0 Å². The molecule has 0 spiro atoms. The molecule has 16 heavy (non-hydrogen) atoms. The highest BCUT2D eigenvalue weighted by molar-refractivity contribution is 6.03. The van der Waals surface area contributed by atoms with Gasteiger partial charge in [-0.3, -0.25) is 0 Å². The SMILES string of the molecule is C#COC(=O)c1coc(=O)c2ccccc12. The summed E-state index contributed by atoms with van der Waals surface area (Å²) in [6, 6.07) is 6.57. The van der Waals surface area contributed by atoms with Crippen LogP contribution in [0.25, 0.3) is 10.8 Å². The molecule has 0 aliphatic carbocycles. The zero-order valence-corrected chi connectivity index (χ0v) is 8.10. The first kappa shape index (κ1) is 9.99. The van der Waals surface area contributed by atoms with Gasteiger partial charge in [0.1, 0.15) is 17.9 Å². The summed E-state index contributed by atoms with van der Waals surface area (Å²) in [6.45, 7) is 0. The summed E-state index contributed by atoms with van der Waals surface area (Å²) >= 11 is 0. The van der Waals surface area contributed by atoms with Crippen LogP contribution in [0.5, 0.6) is 0 Å². The summed E-state index contributed by atoms with van der Waals surface area (Å²) < 4.78 is 9.12. The largest absolute Gasteiger partial charge is 0.430 e. The predicted octanol–water partition coefficient (Wildman–Crippen LogP) is 1.54. The van der Waals surface area contributed by atoms with Gasteiger partial charge in [-0.15, -0.1) is 0 Å². The van der Waals surface area contributed by atoms with E-state index in [1.165, 1.54) is 0 Å². The number of rotatable bonds is 1. The Morgan fingerprint density at radius 1 is 1.31 bits per heavy atom. The molecule has 0 atom stereocenters. The number of benzene rings is 1. The van der Waals surface area contributed by atoms with E-state index >= 15 is 0 Å². The first-order valence-electron chi connectivity index (χ1n) is 4.41. The van der Waals surface area contributed by atoms with Gasteiger partial charge in [-0.25, -0.2) is 9.59 Å². The second-order valence-corrected chi connectivity index (χ2v) is 2.99. The van der Waals surface area contributed by atoms with E-state index in [2.05, 4.69) is 4.74 Å². The first-order chi connectivity index (χ1) is 7.74. The van der Waals surface area contributed by atoms with Crippen LogP contribution in [0.1, 0.15) is 10.4 Å². The number of hydrogen-bond donors (Lipinski definition) is 0. The van der Waals surface area contributed by atoms with Crippen molar-refractivity contribution in [3.05, 3.63) is 46.5 Å². The molecule has 0 fully saturated rings. The van der Waals surface area contributed by atoms with Crippen LogP contribution in [0.4, 0.5) is 0 Å². The van der Waals surface area contributed by atoms with Gasteiger partial charge in [-0.2, -0.15) is 0 Å². The van der Waals surface area contributed by atoms with Gasteiger partial charge in [-0.1, -0.05) is 24.6 Å². The number of carbonyl (C=O) groups is 1. The molecular formula is C12H6O4. The molecule has 0 saturated heterocycles. The van der Waals surface area contributed by atoms with E-state index in [1.54, 1.807) is 30.4 Å². The molecule has 0 saturated carbocycles. The average Bonchev–Trinajstić information content (AvgIpc) is 2.30. The van der Waals surface area contributed by atoms with Crippen LogP contribution >= 0.6 is 0 Å². The van der Waals surface area contributed by atoms with Crippen molar-refractivity contribution in [2.24, 2.45) is 0 Å². The Morgan fingerprint density at radius 2 is 2.00 bits per heavy atom. The minimum absolute atomic E-state index is 0.133.